The average molecular weight is 442 g/mol. The van der Waals surface area contributed by atoms with Crippen LogP contribution in [0.15, 0.2) is 52.5 Å². The zero-order valence-electron chi connectivity index (χ0n) is 14.5. The number of fused-ring (bicyclic) bond motifs is 1. The summed E-state index contributed by atoms with van der Waals surface area (Å²) >= 11 is 4.77. The number of ketones is 1. The molecule has 2 aromatic carbocycles. The molecule has 0 radical (unpaired) electrons. The predicted octanol–water partition coefficient (Wildman–Crippen LogP) is 5.50. The first-order chi connectivity index (χ1) is 13.1. The zero-order valence-corrected chi connectivity index (χ0v) is 16.9. The number of phenols is 1. The highest BCUT2D eigenvalue weighted by atomic mass is 79.9. The molecule has 0 atom stereocenters. The van der Waals surface area contributed by atoms with Crippen LogP contribution in [-0.4, -0.2) is 23.0 Å². The van der Waals surface area contributed by atoms with E-state index in [1.54, 1.807) is 12.1 Å². The molecule has 0 spiro atoms. The zero-order chi connectivity index (χ0) is 19.0. The van der Waals surface area contributed by atoms with Gasteiger partial charge in [0.15, 0.2) is 11.5 Å². The minimum Gasteiger partial charge on any atom is -0.503 e. The SMILES string of the molecule is COc1cc(/C=C2\CCc3nc(-c4ccccc4)sc3C2=O)cc(Br)c1O. The molecule has 0 amide bonds. The Bertz CT molecular complexity index is 1060. The fourth-order valence-corrected chi connectivity index (χ4v) is 4.64. The van der Waals surface area contributed by atoms with Crippen molar-refractivity contribution in [1.82, 2.24) is 4.98 Å². The van der Waals surface area contributed by atoms with Gasteiger partial charge in [-0.05, 0) is 52.5 Å². The second-order valence-electron chi connectivity index (χ2n) is 6.21. The molecule has 27 heavy (non-hydrogen) atoms. The second-order valence-corrected chi connectivity index (χ2v) is 8.07. The van der Waals surface area contributed by atoms with E-state index in [0.29, 0.717) is 16.6 Å². The van der Waals surface area contributed by atoms with Gasteiger partial charge in [-0.2, -0.15) is 0 Å². The first kappa shape index (κ1) is 17.9. The highest BCUT2D eigenvalue weighted by molar-refractivity contribution is 9.10. The molecule has 0 aliphatic heterocycles. The highest BCUT2D eigenvalue weighted by Crippen LogP contribution is 2.38. The summed E-state index contributed by atoms with van der Waals surface area (Å²) < 4.78 is 5.72. The maximum Gasteiger partial charge on any atom is 0.200 e. The maximum absolute atomic E-state index is 13.0. The van der Waals surface area contributed by atoms with Gasteiger partial charge in [-0.15, -0.1) is 11.3 Å². The van der Waals surface area contributed by atoms with E-state index in [2.05, 4.69) is 20.9 Å². The number of carbonyl (C=O) groups is 1. The van der Waals surface area contributed by atoms with E-state index in [0.717, 1.165) is 38.7 Å². The number of aromatic nitrogens is 1. The van der Waals surface area contributed by atoms with Gasteiger partial charge < -0.3 is 9.84 Å². The first-order valence-corrected chi connectivity index (χ1v) is 10.0. The van der Waals surface area contributed by atoms with Crippen LogP contribution in [0.1, 0.15) is 27.3 Å². The van der Waals surface area contributed by atoms with Crippen LogP contribution < -0.4 is 4.74 Å². The van der Waals surface area contributed by atoms with Crippen molar-refractivity contribution < 1.29 is 14.6 Å². The van der Waals surface area contributed by atoms with E-state index in [1.807, 2.05) is 36.4 Å². The third-order valence-corrected chi connectivity index (χ3v) is 6.21. The number of ether oxygens (including phenoxy) is 1. The number of phenolic OH excluding ortho intramolecular Hbond substituents is 1. The summed E-state index contributed by atoms with van der Waals surface area (Å²) in [7, 11) is 1.50. The lowest BCUT2D eigenvalue weighted by Crippen LogP contribution is -2.12. The number of hydrogen-bond donors (Lipinski definition) is 1. The van der Waals surface area contributed by atoms with E-state index < -0.39 is 0 Å². The van der Waals surface area contributed by atoms with Crippen molar-refractivity contribution >= 4 is 39.1 Å². The van der Waals surface area contributed by atoms with Crippen LogP contribution in [0, 0.1) is 0 Å². The van der Waals surface area contributed by atoms with Crippen LogP contribution in [0.2, 0.25) is 0 Å². The molecule has 4 nitrogen and oxygen atoms in total. The van der Waals surface area contributed by atoms with Crippen molar-refractivity contribution in [2.45, 2.75) is 12.8 Å². The number of benzene rings is 2. The lowest BCUT2D eigenvalue weighted by molar-refractivity contribution is 0.103. The van der Waals surface area contributed by atoms with Crippen LogP contribution in [0.3, 0.4) is 0 Å². The van der Waals surface area contributed by atoms with E-state index in [4.69, 9.17) is 4.74 Å². The van der Waals surface area contributed by atoms with E-state index in [1.165, 1.54) is 18.4 Å². The molecule has 1 aliphatic carbocycles. The van der Waals surface area contributed by atoms with Gasteiger partial charge in [0.25, 0.3) is 0 Å². The summed E-state index contributed by atoms with van der Waals surface area (Å²) in [5.41, 5.74) is 3.45. The standard InChI is InChI=1S/C21H16BrNO3S/c1-26-17-11-12(10-15(22)19(17)25)9-14-7-8-16-20(18(14)24)27-21(23-16)13-5-3-2-4-6-13/h2-6,9-11,25H,7-8H2,1H3/b14-9+. The molecule has 3 aromatic rings. The summed E-state index contributed by atoms with van der Waals surface area (Å²) in [6.45, 7) is 0. The monoisotopic (exact) mass is 441 g/mol. The van der Waals surface area contributed by atoms with E-state index >= 15 is 0 Å². The van der Waals surface area contributed by atoms with Crippen molar-refractivity contribution in [1.29, 1.82) is 0 Å². The lowest BCUT2D eigenvalue weighted by Gasteiger charge is -2.13. The largest absolute Gasteiger partial charge is 0.503 e. The predicted molar refractivity (Wildman–Crippen MR) is 111 cm³/mol. The molecule has 0 bridgehead atoms. The van der Waals surface area contributed by atoms with Crippen molar-refractivity contribution in [2.75, 3.05) is 7.11 Å². The third kappa shape index (κ3) is 3.42. The number of carbonyl (C=O) groups excluding carboxylic acids is 1. The summed E-state index contributed by atoms with van der Waals surface area (Å²) in [5.74, 6) is 0.440. The van der Waals surface area contributed by atoms with E-state index in [-0.39, 0.29) is 11.5 Å². The second kappa shape index (κ2) is 7.29. The summed E-state index contributed by atoms with van der Waals surface area (Å²) in [5, 5.41) is 10.8. The van der Waals surface area contributed by atoms with Gasteiger partial charge in [0.2, 0.25) is 5.78 Å². The molecular weight excluding hydrogens is 426 g/mol. The molecule has 1 aliphatic rings. The van der Waals surface area contributed by atoms with Crippen molar-refractivity contribution in [3.05, 3.63) is 68.6 Å². The Morgan fingerprint density at radius 2 is 2.00 bits per heavy atom. The van der Waals surface area contributed by atoms with Crippen molar-refractivity contribution in [2.24, 2.45) is 0 Å². The van der Waals surface area contributed by atoms with E-state index in [9.17, 15) is 9.90 Å². The minimum absolute atomic E-state index is 0.0269. The molecule has 4 rings (SSSR count). The Kier molecular flexibility index (Phi) is 4.85. The van der Waals surface area contributed by atoms with Crippen LogP contribution in [0.4, 0.5) is 0 Å². The number of thiazole rings is 1. The Morgan fingerprint density at radius 3 is 2.74 bits per heavy atom. The molecule has 1 heterocycles. The summed E-state index contributed by atoms with van der Waals surface area (Å²) in [4.78, 5) is 18.4. The van der Waals surface area contributed by atoms with Gasteiger partial charge in [0.1, 0.15) is 5.01 Å². The number of aromatic hydroxyl groups is 1. The van der Waals surface area contributed by atoms with Gasteiger partial charge in [-0.25, -0.2) is 4.98 Å². The first-order valence-electron chi connectivity index (χ1n) is 8.43. The Balaban J connectivity index is 1.69. The van der Waals surface area contributed by atoms with Crippen LogP contribution >= 0.6 is 27.3 Å². The topological polar surface area (TPSA) is 59.4 Å². The van der Waals surface area contributed by atoms with Crippen molar-refractivity contribution in [3.63, 3.8) is 0 Å². The number of Topliss-reactive ketones (excluding diaryl/α,β-unsaturated/α-hetero) is 1. The third-order valence-electron chi connectivity index (χ3n) is 4.46. The maximum atomic E-state index is 13.0. The van der Waals surface area contributed by atoms with Crippen LogP contribution in [-0.2, 0) is 6.42 Å². The van der Waals surface area contributed by atoms with Gasteiger partial charge >= 0.3 is 0 Å². The molecule has 0 unspecified atom stereocenters. The molecule has 0 saturated carbocycles. The number of allylic oxidation sites excluding steroid dienone is 1. The minimum atomic E-state index is 0.0269. The van der Waals surface area contributed by atoms with Crippen molar-refractivity contribution in [3.8, 4) is 22.1 Å². The van der Waals surface area contributed by atoms with Gasteiger partial charge in [0, 0.05) is 11.1 Å². The van der Waals surface area contributed by atoms with Gasteiger partial charge in [0.05, 0.1) is 22.2 Å². The number of halogens is 1. The Morgan fingerprint density at radius 1 is 1.22 bits per heavy atom. The Labute approximate surface area is 169 Å². The quantitative estimate of drug-likeness (QED) is 0.545. The molecular formula is C21H16BrNO3S. The molecule has 1 aromatic heterocycles. The summed E-state index contributed by atoms with van der Waals surface area (Å²) in [6, 6.07) is 13.4. The van der Waals surface area contributed by atoms with Gasteiger partial charge in [-0.3, -0.25) is 4.79 Å². The normalized spacial score (nSPS) is 15.0. The number of hydrogen-bond acceptors (Lipinski definition) is 5. The highest BCUT2D eigenvalue weighted by Gasteiger charge is 2.26. The van der Waals surface area contributed by atoms with Crippen LogP contribution in [0.25, 0.3) is 16.6 Å². The fraction of sp³-hybridized carbons (Fsp3) is 0.143. The number of nitrogens with zero attached hydrogens (tertiary/aromatic N) is 1. The molecule has 0 fully saturated rings. The molecule has 136 valence electrons. The lowest BCUT2D eigenvalue weighted by atomic mass is 9.94. The smallest absolute Gasteiger partial charge is 0.200 e. The number of methoxy groups -OCH3 is 1. The fourth-order valence-electron chi connectivity index (χ4n) is 3.09. The van der Waals surface area contributed by atoms with Gasteiger partial charge in [-0.1, -0.05) is 30.3 Å². The number of rotatable bonds is 3. The number of aryl methyl sites for hydroxylation is 1. The Hall–Kier alpha value is -2.44. The molecule has 0 saturated heterocycles. The van der Waals surface area contributed by atoms with Crippen LogP contribution in [0.5, 0.6) is 11.5 Å². The molecule has 1 N–H and O–H groups in total. The summed E-state index contributed by atoms with van der Waals surface area (Å²) in [6.07, 6.45) is 3.25. The molecule has 6 heteroatoms. The average Bonchev–Trinajstić information content (AvgIpc) is 3.12.